The van der Waals surface area contributed by atoms with Crippen LogP contribution in [0.15, 0.2) is 5.16 Å². The smallest absolute Gasteiger partial charge is 0.233 e. The number of carbonyl (C=O) groups is 1. The maximum absolute atomic E-state index is 11.9. The lowest BCUT2D eigenvalue weighted by molar-refractivity contribution is -0.130. The van der Waals surface area contributed by atoms with Crippen LogP contribution >= 0.6 is 11.8 Å². The van der Waals surface area contributed by atoms with Crippen LogP contribution in [0.4, 0.5) is 5.95 Å². The molecule has 1 saturated heterocycles. The van der Waals surface area contributed by atoms with Crippen LogP contribution in [0, 0.1) is 5.92 Å². The van der Waals surface area contributed by atoms with Gasteiger partial charge in [-0.15, -0.1) is 5.10 Å². The lowest BCUT2D eigenvalue weighted by Gasteiger charge is -2.30. The number of hydrogen-bond acceptors (Lipinski definition) is 5. The fraction of sp³-hybridized carbons (Fsp3) is 0.700. The summed E-state index contributed by atoms with van der Waals surface area (Å²) in [4.78, 5) is 17.8. The highest BCUT2D eigenvalue weighted by atomic mass is 32.2. The minimum atomic E-state index is 0.157. The fourth-order valence-electron chi connectivity index (χ4n) is 1.96. The van der Waals surface area contributed by atoms with Crippen molar-refractivity contribution in [3.8, 4) is 0 Å². The highest BCUT2D eigenvalue weighted by Crippen LogP contribution is 2.18. The topological polar surface area (TPSA) is 87.9 Å². The second-order valence-electron chi connectivity index (χ2n) is 4.38. The van der Waals surface area contributed by atoms with Crippen molar-refractivity contribution in [2.75, 3.05) is 24.6 Å². The first kappa shape index (κ1) is 12.2. The molecule has 0 radical (unpaired) electrons. The number of nitrogens with zero attached hydrogens (tertiary/aromatic N) is 3. The van der Waals surface area contributed by atoms with Crippen molar-refractivity contribution in [2.45, 2.75) is 24.9 Å². The predicted molar refractivity (Wildman–Crippen MR) is 66.5 cm³/mol. The summed E-state index contributed by atoms with van der Waals surface area (Å²) < 4.78 is 0. The van der Waals surface area contributed by atoms with Gasteiger partial charge in [-0.25, -0.2) is 5.10 Å². The summed E-state index contributed by atoms with van der Waals surface area (Å²) in [5.74, 6) is 1.43. The number of carbonyl (C=O) groups excluding carboxylic acids is 1. The van der Waals surface area contributed by atoms with Crippen molar-refractivity contribution >= 4 is 23.6 Å². The molecule has 1 atom stereocenters. The van der Waals surface area contributed by atoms with E-state index in [0.717, 1.165) is 19.5 Å². The van der Waals surface area contributed by atoms with E-state index in [1.165, 1.54) is 18.2 Å². The summed E-state index contributed by atoms with van der Waals surface area (Å²) in [5.41, 5.74) is 5.41. The van der Waals surface area contributed by atoms with E-state index in [1.54, 1.807) is 0 Å². The Morgan fingerprint density at radius 1 is 1.71 bits per heavy atom. The number of nitrogens with one attached hydrogen (secondary N) is 1. The quantitative estimate of drug-likeness (QED) is 0.778. The molecule has 1 aliphatic rings. The Labute approximate surface area is 104 Å². The lowest BCUT2D eigenvalue weighted by Crippen LogP contribution is -2.40. The molecule has 0 saturated carbocycles. The van der Waals surface area contributed by atoms with Crippen molar-refractivity contribution < 1.29 is 4.79 Å². The molecule has 1 fully saturated rings. The van der Waals surface area contributed by atoms with E-state index in [2.05, 4.69) is 22.1 Å². The maximum atomic E-state index is 11.9. The molecular weight excluding hydrogens is 238 g/mol. The number of aromatic amines is 1. The zero-order chi connectivity index (χ0) is 12.3. The summed E-state index contributed by atoms with van der Waals surface area (Å²) in [7, 11) is 0. The molecule has 1 unspecified atom stereocenters. The van der Waals surface area contributed by atoms with Crippen molar-refractivity contribution in [3.63, 3.8) is 0 Å². The van der Waals surface area contributed by atoms with E-state index in [-0.39, 0.29) is 11.9 Å². The first-order valence-corrected chi connectivity index (χ1v) is 6.72. The average Bonchev–Trinajstić information content (AvgIpc) is 2.72. The van der Waals surface area contributed by atoms with Crippen molar-refractivity contribution in [2.24, 2.45) is 5.92 Å². The van der Waals surface area contributed by atoms with Gasteiger partial charge in [-0.2, -0.15) is 4.98 Å². The molecule has 7 heteroatoms. The minimum absolute atomic E-state index is 0.157. The molecule has 6 nitrogen and oxygen atoms in total. The Balaban J connectivity index is 1.80. The van der Waals surface area contributed by atoms with Gasteiger partial charge < -0.3 is 10.6 Å². The number of nitrogen functional groups attached to an aromatic ring is 1. The normalized spacial score (nSPS) is 20.5. The standard InChI is InChI=1S/C10H17N5OS/c1-7-3-2-4-15(5-7)8(16)6-17-10-12-9(11)13-14-10/h7H,2-6H2,1H3,(H3,11,12,13,14). The van der Waals surface area contributed by atoms with Crippen molar-refractivity contribution in [1.29, 1.82) is 0 Å². The summed E-state index contributed by atoms with van der Waals surface area (Å²) in [5, 5.41) is 6.96. The van der Waals surface area contributed by atoms with Crippen LogP contribution in [-0.2, 0) is 4.79 Å². The molecule has 3 N–H and O–H groups in total. The second-order valence-corrected chi connectivity index (χ2v) is 5.32. The van der Waals surface area contributed by atoms with Gasteiger partial charge in [0.2, 0.25) is 17.0 Å². The van der Waals surface area contributed by atoms with Gasteiger partial charge in [0.25, 0.3) is 0 Å². The predicted octanol–water partition coefficient (Wildman–Crippen LogP) is 0.738. The molecule has 2 rings (SSSR count). The van der Waals surface area contributed by atoms with E-state index < -0.39 is 0 Å². The number of thioether (sulfide) groups is 1. The Morgan fingerprint density at radius 3 is 3.18 bits per heavy atom. The van der Waals surface area contributed by atoms with Gasteiger partial charge in [0.1, 0.15) is 0 Å². The van der Waals surface area contributed by atoms with Crippen LogP contribution in [0.5, 0.6) is 0 Å². The molecule has 0 aliphatic carbocycles. The van der Waals surface area contributed by atoms with E-state index in [1.807, 2.05) is 4.90 Å². The number of piperidine rings is 1. The molecule has 1 aromatic heterocycles. The second kappa shape index (κ2) is 5.39. The van der Waals surface area contributed by atoms with Gasteiger partial charge in [-0.1, -0.05) is 18.7 Å². The minimum Gasteiger partial charge on any atom is -0.368 e. The van der Waals surface area contributed by atoms with Crippen LogP contribution in [0.2, 0.25) is 0 Å². The first-order chi connectivity index (χ1) is 8.15. The van der Waals surface area contributed by atoms with E-state index >= 15 is 0 Å². The molecule has 0 aromatic carbocycles. The third kappa shape index (κ3) is 3.36. The number of amides is 1. The molecule has 17 heavy (non-hydrogen) atoms. The highest BCUT2D eigenvalue weighted by molar-refractivity contribution is 7.99. The summed E-state index contributed by atoms with van der Waals surface area (Å²) in [6.07, 6.45) is 2.32. The first-order valence-electron chi connectivity index (χ1n) is 5.73. The monoisotopic (exact) mass is 255 g/mol. The summed E-state index contributed by atoms with van der Waals surface area (Å²) >= 11 is 1.32. The van der Waals surface area contributed by atoms with E-state index in [0.29, 0.717) is 16.8 Å². The SMILES string of the molecule is CC1CCCN(C(=O)CSc2n[nH]c(N)n2)C1. The zero-order valence-electron chi connectivity index (χ0n) is 9.85. The number of nitrogens with two attached hydrogens (primary N) is 1. The number of likely N-dealkylation sites (tertiary alicyclic amines) is 1. The Morgan fingerprint density at radius 2 is 2.53 bits per heavy atom. The molecule has 1 aliphatic heterocycles. The van der Waals surface area contributed by atoms with Crippen LogP contribution in [0.1, 0.15) is 19.8 Å². The van der Waals surface area contributed by atoms with Crippen molar-refractivity contribution in [3.05, 3.63) is 0 Å². The van der Waals surface area contributed by atoms with Crippen molar-refractivity contribution in [1.82, 2.24) is 20.1 Å². The Hall–Kier alpha value is -1.24. The van der Waals surface area contributed by atoms with Gasteiger partial charge in [-0.05, 0) is 18.8 Å². The summed E-state index contributed by atoms with van der Waals surface area (Å²) in [6, 6.07) is 0. The molecule has 1 aromatic rings. The molecule has 94 valence electrons. The third-order valence-corrected chi connectivity index (χ3v) is 3.65. The largest absolute Gasteiger partial charge is 0.368 e. The zero-order valence-corrected chi connectivity index (χ0v) is 10.7. The van der Waals surface area contributed by atoms with E-state index in [4.69, 9.17) is 5.73 Å². The van der Waals surface area contributed by atoms with Crippen LogP contribution in [-0.4, -0.2) is 44.8 Å². The number of hydrogen-bond donors (Lipinski definition) is 2. The summed E-state index contributed by atoms with van der Waals surface area (Å²) in [6.45, 7) is 3.93. The van der Waals surface area contributed by atoms with Gasteiger partial charge in [0.05, 0.1) is 5.75 Å². The van der Waals surface area contributed by atoms with Crippen LogP contribution in [0.3, 0.4) is 0 Å². The number of rotatable bonds is 3. The molecule has 0 spiro atoms. The maximum Gasteiger partial charge on any atom is 0.233 e. The average molecular weight is 255 g/mol. The van der Waals surface area contributed by atoms with Gasteiger partial charge in [0.15, 0.2) is 0 Å². The number of H-pyrrole nitrogens is 1. The molecule has 0 bridgehead atoms. The molecule has 2 heterocycles. The van der Waals surface area contributed by atoms with Gasteiger partial charge in [-0.3, -0.25) is 4.79 Å². The lowest BCUT2D eigenvalue weighted by atomic mass is 10.0. The van der Waals surface area contributed by atoms with Gasteiger partial charge >= 0.3 is 0 Å². The number of anilines is 1. The van der Waals surface area contributed by atoms with Crippen LogP contribution in [0.25, 0.3) is 0 Å². The Bertz CT molecular complexity index is 394. The molecule has 1 amide bonds. The third-order valence-electron chi connectivity index (χ3n) is 2.82. The van der Waals surface area contributed by atoms with Crippen LogP contribution < -0.4 is 5.73 Å². The molecular formula is C10H17N5OS. The van der Waals surface area contributed by atoms with Gasteiger partial charge in [0, 0.05) is 13.1 Å². The Kier molecular flexibility index (Phi) is 3.88. The van der Waals surface area contributed by atoms with E-state index in [9.17, 15) is 4.79 Å². The number of aromatic nitrogens is 3. The highest BCUT2D eigenvalue weighted by Gasteiger charge is 2.21. The fourth-order valence-corrected chi connectivity index (χ4v) is 2.66.